The monoisotopic (exact) mass is 295 g/mol. The number of nitrogens with zero attached hydrogens (tertiary/aromatic N) is 4. The van der Waals surface area contributed by atoms with E-state index in [1.54, 1.807) is 31.3 Å². The average molecular weight is 295 g/mol. The predicted octanol–water partition coefficient (Wildman–Crippen LogP) is 2.58. The number of aromatic nitrogens is 4. The van der Waals surface area contributed by atoms with E-state index in [0.717, 1.165) is 4.57 Å². The van der Waals surface area contributed by atoms with E-state index in [1.165, 1.54) is 10.9 Å². The van der Waals surface area contributed by atoms with Crippen molar-refractivity contribution >= 4 is 16.9 Å². The zero-order chi connectivity index (χ0) is 15.2. The van der Waals surface area contributed by atoms with Crippen molar-refractivity contribution in [3.63, 3.8) is 0 Å². The molecule has 2 aromatic heterocycles. The summed E-state index contributed by atoms with van der Waals surface area (Å²) in [4.78, 5) is 4.27. The molecule has 0 aliphatic heterocycles. The molecule has 3 rings (SSSR count). The predicted molar refractivity (Wildman–Crippen MR) is 72.4 cm³/mol. The number of benzene rings is 1. The van der Waals surface area contributed by atoms with Crippen LogP contribution in [-0.4, -0.2) is 25.5 Å². The van der Waals surface area contributed by atoms with E-state index in [4.69, 9.17) is 5.73 Å². The number of aryl methyl sites for hydroxylation is 1. The Morgan fingerprint density at radius 3 is 2.57 bits per heavy atom. The highest BCUT2D eigenvalue weighted by Gasteiger charge is 2.31. The number of imidazole rings is 1. The standard InChI is InChI=1S/C13H12F3N5/c1-20-11(17)8(6-18-20)12-19-9-4-2-3-5-10(9)21(12)7-13(14,15)16/h2-6H,7,17H2,1H3. The minimum absolute atomic E-state index is 0.166. The molecule has 0 amide bonds. The maximum absolute atomic E-state index is 12.8. The van der Waals surface area contributed by atoms with Gasteiger partial charge in [-0.2, -0.15) is 18.3 Å². The first-order valence-corrected chi connectivity index (χ1v) is 6.16. The summed E-state index contributed by atoms with van der Waals surface area (Å²) in [5.41, 5.74) is 7.14. The van der Waals surface area contributed by atoms with E-state index in [-0.39, 0.29) is 11.6 Å². The maximum Gasteiger partial charge on any atom is 0.406 e. The lowest BCUT2D eigenvalue weighted by atomic mass is 10.3. The van der Waals surface area contributed by atoms with Crippen molar-refractivity contribution in [1.29, 1.82) is 0 Å². The van der Waals surface area contributed by atoms with E-state index >= 15 is 0 Å². The van der Waals surface area contributed by atoms with E-state index in [9.17, 15) is 13.2 Å². The largest absolute Gasteiger partial charge is 0.406 e. The quantitative estimate of drug-likeness (QED) is 0.790. The van der Waals surface area contributed by atoms with Crippen LogP contribution in [0.25, 0.3) is 22.4 Å². The van der Waals surface area contributed by atoms with Gasteiger partial charge in [-0.15, -0.1) is 0 Å². The topological polar surface area (TPSA) is 61.7 Å². The van der Waals surface area contributed by atoms with Crippen LogP contribution < -0.4 is 5.73 Å². The first kappa shape index (κ1) is 13.5. The van der Waals surface area contributed by atoms with Crippen LogP contribution in [0.1, 0.15) is 0 Å². The zero-order valence-electron chi connectivity index (χ0n) is 11.1. The fraction of sp³-hybridized carbons (Fsp3) is 0.231. The second-order valence-corrected chi connectivity index (χ2v) is 4.69. The molecule has 0 unspecified atom stereocenters. The normalized spacial score (nSPS) is 12.2. The van der Waals surface area contributed by atoms with Crippen LogP contribution in [0, 0.1) is 0 Å². The minimum Gasteiger partial charge on any atom is -0.383 e. The molecule has 0 atom stereocenters. The van der Waals surface area contributed by atoms with Crippen LogP contribution in [-0.2, 0) is 13.6 Å². The van der Waals surface area contributed by atoms with Crippen molar-refractivity contribution in [2.75, 3.05) is 5.73 Å². The molecule has 0 radical (unpaired) electrons. The molecule has 0 bridgehead atoms. The fourth-order valence-corrected chi connectivity index (χ4v) is 2.24. The van der Waals surface area contributed by atoms with Gasteiger partial charge in [0.15, 0.2) is 0 Å². The molecule has 0 saturated carbocycles. The third-order valence-corrected chi connectivity index (χ3v) is 3.22. The summed E-state index contributed by atoms with van der Waals surface area (Å²) in [5, 5.41) is 3.96. The van der Waals surface area contributed by atoms with E-state index in [1.807, 2.05) is 0 Å². The third-order valence-electron chi connectivity index (χ3n) is 3.22. The average Bonchev–Trinajstić information content (AvgIpc) is 2.91. The fourth-order valence-electron chi connectivity index (χ4n) is 2.24. The van der Waals surface area contributed by atoms with Crippen LogP contribution in [0.4, 0.5) is 19.0 Å². The molecule has 2 heterocycles. The number of anilines is 1. The van der Waals surface area contributed by atoms with Crippen LogP contribution in [0.15, 0.2) is 30.5 Å². The van der Waals surface area contributed by atoms with Gasteiger partial charge in [0.1, 0.15) is 18.2 Å². The molecule has 0 aliphatic rings. The SMILES string of the molecule is Cn1ncc(-c2nc3ccccc3n2CC(F)(F)F)c1N. The molecule has 8 heteroatoms. The number of hydrogen-bond acceptors (Lipinski definition) is 3. The molecule has 0 aliphatic carbocycles. The molecule has 21 heavy (non-hydrogen) atoms. The van der Waals surface area contributed by atoms with Crippen molar-refractivity contribution < 1.29 is 13.2 Å². The molecular weight excluding hydrogens is 283 g/mol. The summed E-state index contributed by atoms with van der Waals surface area (Å²) < 4.78 is 41.1. The molecule has 0 saturated heterocycles. The van der Waals surface area contributed by atoms with E-state index in [2.05, 4.69) is 10.1 Å². The van der Waals surface area contributed by atoms with Crippen molar-refractivity contribution in [3.05, 3.63) is 30.5 Å². The molecule has 110 valence electrons. The second-order valence-electron chi connectivity index (χ2n) is 4.69. The summed E-state index contributed by atoms with van der Waals surface area (Å²) in [5.74, 6) is 0.438. The van der Waals surface area contributed by atoms with Gasteiger partial charge in [0.05, 0.1) is 22.8 Å². The first-order valence-electron chi connectivity index (χ1n) is 6.16. The van der Waals surface area contributed by atoms with Gasteiger partial charge in [0.2, 0.25) is 0 Å². The summed E-state index contributed by atoms with van der Waals surface area (Å²) in [6.07, 6.45) is -2.93. The van der Waals surface area contributed by atoms with Crippen LogP contribution in [0.3, 0.4) is 0 Å². The Morgan fingerprint density at radius 1 is 1.24 bits per heavy atom. The van der Waals surface area contributed by atoms with Gasteiger partial charge in [-0.25, -0.2) is 4.98 Å². The smallest absolute Gasteiger partial charge is 0.383 e. The molecule has 5 nitrogen and oxygen atoms in total. The van der Waals surface area contributed by atoms with Crippen molar-refractivity contribution in [2.24, 2.45) is 7.05 Å². The van der Waals surface area contributed by atoms with Gasteiger partial charge in [0, 0.05) is 7.05 Å². The summed E-state index contributed by atoms with van der Waals surface area (Å²) >= 11 is 0. The molecule has 3 aromatic rings. The number of fused-ring (bicyclic) bond motifs is 1. The number of alkyl halides is 3. The van der Waals surface area contributed by atoms with Crippen molar-refractivity contribution in [3.8, 4) is 11.4 Å². The Morgan fingerprint density at radius 2 is 1.95 bits per heavy atom. The van der Waals surface area contributed by atoms with Gasteiger partial charge in [-0.3, -0.25) is 4.68 Å². The minimum atomic E-state index is -4.35. The Balaban J connectivity index is 2.26. The summed E-state index contributed by atoms with van der Waals surface area (Å²) in [6.45, 7) is -1.13. The Hall–Kier alpha value is -2.51. The lowest BCUT2D eigenvalue weighted by Gasteiger charge is -2.11. The highest BCUT2D eigenvalue weighted by atomic mass is 19.4. The number of hydrogen-bond donors (Lipinski definition) is 1. The molecule has 0 spiro atoms. The molecular formula is C13H12F3N5. The second kappa shape index (κ2) is 4.51. The zero-order valence-corrected chi connectivity index (χ0v) is 11.1. The van der Waals surface area contributed by atoms with Gasteiger partial charge in [-0.05, 0) is 12.1 Å². The van der Waals surface area contributed by atoms with Crippen LogP contribution in [0.2, 0.25) is 0 Å². The van der Waals surface area contributed by atoms with Gasteiger partial charge < -0.3 is 10.3 Å². The maximum atomic E-state index is 12.8. The van der Waals surface area contributed by atoms with Crippen LogP contribution in [0.5, 0.6) is 0 Å². The molecule has 1 aromatic carbocycles. The summed E-state index contributed by atoms with van der Waals surface area (Å²) in [6, 6.07) is 6.67. The number of nitrogens with two attached hydrogens (primary N) is 1. The summed E-state index contributed by atoms with van der Waals surface area (Å²) in [7, 11) is 1.62. The van der Waals surface area contributed by atoms with Crippen molar-refractivity contribution in [2.45, 2.75) is 12.7 Å². The number of nitrogen functional groups attached to an aromatic ring is 1. The number of rotatable bonds is 2. The van der Waals surface area contributed by atoms with E-state index in [0.29, 0.717) is 16.6 Å². The van der Waals surface area contributed by atoms with Crippen molar-refractivity contribution in [1.82, 2.24) is 19.3 Å². The van der Waals surface area contributed by atoms with Crippen LogP contribution >= 0.6 is 0 Å². The van der Waals surface area contributed by atoms with E-state index < -0.39 is 12.7 Å². The third kappa shape index (κ3) is 2.32. The first-order chi connectivity index (χ1) is 9.87. The highest BCUT2D eigenvalue weighted by molar-refractivity contribution is 5.82. The van der Waals surface area contributed by atoms with Gasteiger partial charge in [-0.1, -0.05) is 12.1 Å². The highest BCUT2D eigenvalue weighted by Crippen LogP contribution is 2.31. The Labute approximate surface area is 117 Å². The van der Waals surface area contributed by atoms with Gasteiger partial charge >= 0.3 is 6.18 Å². The lowest BCUT2D eigenvalue weighted by Crippen LogP contribution is -2.18. The lowest BCUT2D eigenvalue weighted by molar-refractivity contribution is -0.139. The Bertz CT molecular complexity index is 800. The number of halogens is 3. The number of para-hydroxylation sites is 2. The van der Waals surface area contributed by atoms with Gasteiger partial charge in [0.25, 0.3) is 0 Å². The Kier molecular flexibility index (Phi) is 2.89. The molecule has 2 N–H and O–H groups in total. The molecule has 0 fully saturated rings.